The normalized spacial score (nSPS) is 14.3. The second kappa shape index (κ2) is 6.62. The molecule has 3 heteroatoms. The molecule has 0 aromatic carbocycles. The smallest absolute Gasteiger partial charge is 0.408 e. The molecule has 0 aliphatic rings. The summed E-state index contributed by atoms with van der Waals surface area (Å²) in [5.41, 5.74) is 0.360. The highest BCUT2D eigenvalue weighted by molar-refractivity contribution is 5.69. The van der Waals surface area contributed by atoms with Crippen molar-refractivity contribution in [1.29, 1.82) is 0 Å². The van der Waals surface area contributed by atoms with Crippen LogP contribution in [0.25, 0.3) is 0 Å². The van der Waals surface area contributed by atoms with Gasteiger partial charge in [0.25, 0.3) is 0 Å². The van der Waals surface area contributed by atoms with Crippen molar-refractivity contribution in [1.82, 2.24) is 5.32 Å². The van der Waals surface area contributed by atoms with E-state index in [1.165, 1.54) is 5.57 Å². The van der Waals surface area contributed by atoms with Crippen molar-refractivity contribution in [3.8, 4) is 0 Å². The first-order valence-corrected chi connectivity index (χ1v) is 6.36. The molecule has 1 unspecified atom stereocenters. The summed E-state index contributed by atoms with van der Waals surface area (Å²) in [4.78, 5) is 11.7. The fraction of sp³-hybridized carbons (Fsp3) is 0.667. The molecular weight excluding hydrogens is 226 g/mol. The van der Waals surface area contributed by atoms with E-state index >= 15 is 0 Å². The number of carbonyl (C=O) groups excluding carboxylic acids is 1. The standard InChI is InChI=1S/C15H27NO2/c1-8-15(7,11-9-10-12(2)3)16-13(17)18-14(4,5)6/h8,10H,1,9,11H2,2-7H3,(H,16,17). The molecule has 1 N–H and O–H groups in total. The maximum absolute atomic E-state index is 11.7. The number of hydrogen-bond acceptors (Lipinski definition) is 2. The van der Waals surface area contributed by atoms with Crippen molar-refractivity contribution in [3.05, 3.63) is 24.3 Å². The van der Waals surface area contributed by atoms with Crippen molar-refractivity contribution in [2.75, 3.05) is 0 Å². The Labute approximate surface area is 111 Å². The van der Waals surface area contributed by atoms with Gasteiger partial charge in [0.2, 0.25) is 0 Å². The highest BCUT2D eigenvalue weighted by Crippen LogP contribution is 2.16. The Balaban J connectivity index is 4.43. The minimum atomic E-state index is -0.480. The molecule has 0 bridgehead atoms. The first-order valence-electron chi connectivity index (χ1n) is 6.36. The van der Waals surface area contributed by atoms with Gasteiger partial charge in [0.05, 0.1) is 5.54 Å². The van der Waals surface area contributed by atoms with E-state index < -0.39 is 17.2 Å². The molecule has 0 fully saturated rings. The highest BCUT2D eigenvalue weighted by atomic mass is 16.6. The molecule has 0 aromatic heterocycles. The minimum Gasteiger partial charge on any atom is -0.444 e. The molecule has 0 radical (unpaired) electrons. The molecule has 0 aliphatic carbocycles. The first-order chi connectivity index (χ1) is 8.08. The molecule has 104 valence electrons. The number of amides is 1. The summed E-state index contributed by atoms with van der Waals surface area (Å²) in [5.74, 6) is 0. The van der Waals surface area contributed by atoms with E-state index in [4.69, 9.17) is 4.74 Å². The predicted octanol–water partition coefficient (Wildman–Crippen LogP) is 4.20. The summed E-state index contributed by atoms with van der Waals surface area (Å²) < 4.78 is 5.25. The van der Waals surface area contributed by atoms with Crippen LogP contribution in [0.1, 0.15) is 54.4 Å². The van der Waals surface area contributed by atoms with Crippen molar-refractivity contribution < 1.29 is 9.53 Å². The molecule has 0 saturated carbocycles. The van der Waals surface area contributed by atoms with E-state index in [0.29, 0.717) is 0 Å². The lowest BCUT2D eigenvalue weighted by atomic mass is 9.95. The van der Waals surface area contributed by atoms with Gasteiger partial charge in [0.15, 0.2) is 0 Å². The number of nitrogens with one attached hydrogen (secondary N) is 1. The van der Waals surface area contributed by atoms with Crippen LogP contribution in [-0.2, 0) is 4.74 Å². The van der Waals surface area contributed by atoms with Gasteiger partial charge in [-0.25, -0.2) is 4.79 Å². The van der Waals surface area contributed by atoms with Crippen LogP contribution in [0, 0.1) is 0 Å². The van der Waals surface area contributed by atoms with Crippen LogP contribution >= 0.6 is 0 Å². The van der Waals surface area contributed by atoms with Crippen LogP contribution < -0.4 is 5.32 Å². The van der Waals surface area contributed by atoms with E-state index in [-0.39, 0.29) is 0 Å². The zero-order valence-corrected chi connectivity index (χ0v) is 12.6. The maximum atomic E-state index is 11.7. The van der Waals surface area contributed by atoms with Crippen LogP contribution in [-0.4, -0.2) is 17.2 Å². The number of allylic oxidation sites excluding steroid dienone is 2. The Morgan fingerprint density at radius 1 is 1.28 bits per heavy atom. The Morgan fingerprint density at radius 2 is 1.83 bits per heavy atom. The third-order valence-corrected chi connectivity index (χ3v) is 2.45. The zero-order valence-electron chi connectivity index (χ0n) is 12.6. The number of ether oxygens (including phenoxy) is 1. The van der Waals surface area contributed by atoms with Crippen LogP contribution in [0.15, 0.2) is 24.3 Å². The summed E-state index contributed by atoms with van der Waals surface area (Å²) in [6.07, 6.45) is 5.22. The fourth-order valence-electron chi connectivity index (χ4n) is 1.41. The highest BCUT2D eigenvalue weighted by Gasteiger charge is 2.25. The quantitative estimate of drug-likeness (QED) is 0.746. The maximum Gasteiger partial charge on any atom is 0.408 e. The average Bonchev–Trinajstić information content (AvgIpc) is 2.13. The summed E-state index contributed by atoms with van der Waals surface area (Å²) in [6, 6.07) is 0. The molecule has 0 heterocycles. The van der Waals surface area contributed by atoms with Gasteiger partial charge >= 0.3 is 6.09 Å². The van der Waals surface area contributed by atoms with Crippen LogP contribution in [0.5, 0.6) is 0 Å². The first kappa shape index (κ1) is 16.8. The number of hydrogen-bond donors (Lipinski definition) is 1. The van der Waals surface area contributed by atoms with Crippen molar-refractivity contribution in [2.24, 2.45) is 0 Å². The van der Waals surface area contributed by atoms with E-state index in [1.807, 2.05) is 27.7 Å². The Bertz CT molecular complexity index is 322. The molecule has 0 rings (SSSR count). The van der Waals surface area contributed by atoms with Gasteiger partial charge in [-0.1, -0.05) is 17.7 Å². The Kier molecular flexibility index (Phi) is 6.16. The number of carbonyl (C=O) groups is 1. The van der Waals surface area contributed by atoms with Crippen molar-refractivity contribution in [3.63, 3.8) is 0 Å². The molecule has 0 saturated heterocycles. The largest absolute Gasteiger partial charge is 0.444 e. The average molecular weight is 253 g/mol. The van der Waals surface area contributed by atoms with Crippen LogP contribution in [0.4, 0.5) is 4.79 Å². The van der Waals surface area contributed by atoms with Gasteiger partial charge in [0, 0.05) is 0 Å². The van der Waals surface area contributed by atoms with Gasteiger partial charge in [-0.05, 0) is 54.4 Å². The predicted molar refractivity (Wildman–Crippen MR) is 76.6 cm³/mol. The molecule has 18 heavy (non-hydrogen) atoms. The summed E-state index contributed by atoms with van der Waals surface area (Å²) in [5, 5.41) is 2.86. The SMILES string of the molecule is C=CC(C)(CCC=C(C)C)NC(=O)OC(C)(C)C. The molecule has 0 aromatic rings. The van der Waals surface area contributed by atoms with Gasteiger partial charge in [-0.3, -0.25) is 0 Å². The molecule has 1 amide bonds. The van der Waals surface area contributed by atoms with Gasteiger partial charge in [0.1, 0.15) is 5.60 Å². The minimum absolute atomic E-state index is 0.401. The molecule has 0 spiro atoms. The lowest BCUT2D eigenvalue weighted by Gasteiger charge is -2.29. The lowest BCUT2D eigenvalue weighted by molar-refractivity contribution is 0.0481. The molecule has 3 nitrogen and oxygen atoms in total. The Hall–Kier alpha value is -1.25. The summed E-state index contributed by atoms with van der Waals surface area (Å²) in [7, 11) is 0. The summed E-state index contributed by atoms with van der Waals surface area (Å²) >= 11 is 0. The zero-order chi connectivity index (χ0) is 14.4. The van der Waals surface area contributed by atoms with Gasteiger partial charge in [-0.15, -0.1) is 6.58 Å². The van der Waals surface area contributed by atoms with Gasteiger partial charge < -0.3 is 10.1 Å². The lowest BCUT2D eigenvalue weighted by Crippen LogP contribution is -2.46. The molecular formula is C15H27NO2. The third kappa shape index (κ3) is 7.93. The van der Waals surface area contributed by atoms with E-state index in [2.05, 4.69) is 31.8 Å². The van der Waals surface area contributed by atoms with Crippen LogP contribution in [0.3, 0.4) is 0 Å². The van der Waals surface area contributed by atoms with Crippen molar-refractivity contribution >= 4 is 6.09 Å². The van der Waals surface area contributed by atoms with E-state index in [1.54, 1.807) is 6.08 Å². The second-order valence-corrected chi connectivity index (χ2v) is 6.07. The monoisotopic (exact) mass is 253 g/mol. The van der Waals surface area contributed by atoms with Crippen LogP contribution in [0.2, 0.25) is 0 Å². The second-order valence-electron chi connectivity index (χ2n) is 6.07. The number of rotatable bonds is 5. The molecule has 1 atom stereocenters. The number of alkyl carbamates (subject to hydrolysis) is 1. The topological polar surface area (TPSA) is 38.3 Å². The van der Waals surface area contributed by atoms with Crippen molar-refractivity contribution in [2.45, 2.75) is 65.5 Å². The molecule has 0 aliphatic heterocycles. The van der Waals surface area contributed by atoms with E-state index in [0.717, 1.165) is 12.8 Å². The Morgan fingerprint density at radius 3 is 2.22 bits per heavy atom. The fourth-order valence-corrected chi connectivity index (χ4v) is 1.41. The van der Waals surface area contributed by atoms with E-state index in [9.17, 15) is 4.79 Å². The third-order valence-electron chi connectivity index (χ3n) is 2.45. The van der Waals surface area contributed by atoms with Gasteiger partial charge in [-0.2, -0.15) is 0 Å². The summed E-state index contributed by atoms with van der Waals surface area (Å²) in [6.45, 7) is 15.4.